The molecule has 0 aliphatic carbocycles. The molecular formula is C53H99NO5. The van der Waals surface area contributed by atoms with Crippen LogP contribution in [0.15, 0.2) is 36.5 Å². The first-order valence-electron chi connectivity index (χ1n) is 25.7. The first-order chi connectivity index (χ1) is 29.0. The van der Waals surface area contributed by atoms with Gasteiger partial charge in [-0.3, -0.25) is 9.59 Å². The lowest BCUT2D eigenvalue weighted by atomic mass is 10.0. The lowest BCUT2D eigenvalue weighted by molar-refractivity contribution is -0.151. The van der Waals surface area contributed by atoms with Crippen molar-refractivity contribution in [2.24, 2.45) is 0 Å². The van der Waals surface area contributed by atoms with Gasteiger partial charge in [0.2, 0.25) is 5.91 Å². The fraction of sp³-hybridized carbons (Fsp3) is 0.849. The van der Waals surface area contributed by atoms with Crippen molar-refractivity contribution in [1.29, 1.82) is 0 Å². The molecule has 0 rings (SSSR count). The van der Waals surface area contributed by atoms with E-state index in [1.807, 2.05) is 0 Å². The second-order valence-corrected chi connectivity index (χ2v) is 17.6. The highest BCUT2D eigenvalue weighted by Crippen LogP contribution is 2.17. The van der Waals surface area contributed by atoms with Gasteiger partial charge in [-0.2, -0.15) is 0 Å². The Morgan fingerprint density at radius 1 is 0.492 bits per heavy atom. The maximum atomic E-state index is 13.2. The maximum Gasteiger partial charge on any atom is 0.306 e. The zero-order valence-electron chi connectivity index (χ0n) is 39.4. The number of ether oxygens (including phenoxy) is 1. The van der Waals surface area contributed by atoms with E-state index in [9.17, 15) is 19.8 Å². The van der Waals surface area contributed by atoms with Crippen molar-refractivity contribution in [2.45, 2.75) is 283 Å². The van der Waals surface area contributed by atoms with Gasteiger partial charge in [0.1, 0.15) is 6.10 Å². The summed E-state index contributed by atoms with van der Waals surface area (Å²) in [5, 5.41) is 23.7. The molecule has 346 valence electrons. The third-order valence-electron chi connectivity index (χ3n) is 11.7. The summed E-state index contributed by atoms with van der Waals surface area (Å²) in [6.45, 7) is 6.44. The van der Waals surface area contributed by atoms with Crippen LogP contribution in [0.5, 0.6) is 0 Å². The molecule has 0 aliphatic heterocycles. The highest BCUT2D eigenvalue weighted by Gasteiger charge is 2.24. The molecule has 0 aromatic carbocycles. The van der Waals surface area contributed by atoms with Crippen LogP contribution in [0.2, 0.25) is 0 Å². The number of esters is 1. The second-order valence-electron chi connectivity index (χ2n) is 17.6. The molecule has 0 fully saturated rings. The van der Waals surface area contributed by atoms with Crippen LogP contribution in [0.25, 0.3) is 0 Å². The third kappa shape index (κ3) is 42.6. The van der Waals surface area contributed by atoms with Crippen LogP contribution >= 0.6 is 0 Å². The molecule has 0 aliphatic rings. The number of aliphatic hydroxyl groups is 2. The number of amides is 1. The monoisotopic (exact) mass is 830 g/mol. The Balaban J connectivity index is 4.61. The summed E-state index contributed by atoms with van der Waals surface area (Å²) in [6, 6.07) is -0.706. The molecule has 0 aromatic rings. The van der Waals surface area contributed by atoms with Gasteiger partial charge in [-0.15, -0.1) is 0 Å². The van der Waals surface area contributed by atoms with E-state index in [1.165, 1.54) is 148 Å². The minimum atomic E-state index is -0.791. The molecule has 6 heteroatoms. The average molecular weight is 830 g/mol. The highest BCUT2D eigenvalue weighted by atomic mass is 16.5. The van der Waals surface area contributed by atoms with Crippen molar-refractivity contribution in [1.82, 2.24) is 5.32 Å². The van der Waals surface area contributed by atoms with Crippen molar-refractivity contribution in [2.75, 3.05) is 6.61 Å². The molecule has 3 unspecified atom stereocenters. The molecule has 1 amide bonds. The Kier molecular flexibility index (Phi) is 45.6. The van der Waals surface area contributed by atoms with Crippen molar-refractivity contribution in [3.8, 4) is 0 Å². The van der Waals surface area contributed by atoms with Gasteiger partial charge in [0.15, 0.2) is 0 Å². The van der Waals surface area contributed by atoms with Gasteiger partial charge < -0.3 is 20.3 Å². The van der Waals surface area contributed by atoms with Crippen LogP contribution in [0.4, 0.5) is 0 Å². The summed E-state index contributed by atoms with van der Waals surface area (Å²) >= 11 is 0. The lowest BCUT2D eigenvalue weighted by Crippen LogP contribution is -2.46. The predicted octanol–water partition coefficient (Wildman–Crippen LogP) is 15.3. The highest BCUT2D eigenvalue weighted by molar-refractivity contribution is 5.77. The summed E-state index contributed by atoms with van der Waals surface area (Å²) in [4.78, 5) is 26.1. The van der Waals surface area contributed by atoms with E-state index in [4.69, 9.17) is 4.74 Å². The van der Waals surface area contributed by atoms with Crippen LogP contribution in [-0.2, 0) is 14.3 Å². The minimum absolute atomic E-state index is 0.0643. The number of aliphatic hydroxyl groups excluding tert-OH is 2. The Hall–Kier alpha value is -1.92. The van der Waals surface area contributed by atoms with Gasteiger partial charge >= 0.3 is 5.97 Å². The summed E-state index contributed by atoms with van der Waals surface area (Å²) in [5.74, 6) is -0.495. The van der Waals surface area contributed by atoms with Crippen molar-refractivity contribution in [3.05, 3.63) is 36.5 Å². The van der Waals surface area contributed by atoms with Crippen LogP contribution < -0.4 is 5.32 Å². The first-order valence-corrected chi connectivity index (χ1v) is 25.7. The molecule has 0 saturated heterocycles. The Labute approximate surface area is 366 Å². The number of carbonyl (C=O) groups excluding carboxylic acids is 2. The quantitative estimate of drug-likeness (QED) is 0.0246. The van der Waals surface area contributed by atoms with Gasteiger partial charge in [-0.1, -0.05) is 211 Å². The number of hydrogen-bond donors (Lipinski definition) is 3. The third-order valence-corrected chi connectivity index (χ3v) is 11.7. The van der Waals surface area contributed by atoms with Gasteiger partial charge in [-0.25, -0.2) is 0 Å². The molecule has 0 radical (unpaired) electrons. The number of allylic oxidation sites excluding steroid dienone is 6. The van der Waals surface area contributed by atoms with Crippen LogP contribution in [-0.4, -0.2) is 46.9 Å². The Morgan fingerprint density at radius 2 is 0.864 bits per heavy atom. The fourth-order valence-corrected chi connectivity index (χ4v) is 7.77. The zero-order chi connectivity index (χ0) is 43.1. The molecule has 0 aromatic heterocycles. The molecule has 0 heterocycles. The molecule has 0 bridgehead atoms. The van der Waals surface area contributed by atoms with Gasteiger partial charge in [0.05, 0.1) is 25.2 Å². The predicted molar refractivity (Wildman–Crippen MR) is 255 cm³/mol. The van der Waals surface area contributed by atoms with E-state index < -0.39 is 18.2 Å². The number of rotatable bonds is 46. The van der Waals surface area contributed by atoms with E-state index in [0.29, 0.717) is 19.3 Å². The standard InChI is InChI=1S/C53H99NO5/c1-4-7-10-13-16-19-22-24-26-28-31-34-37-40-43-46-53(58)59-49(44-41-38-35-32-30-27-25-23-20-17-14-11-8-5-2)47-52(57)54-50(48-55)51(56)45-42-39-36-33-29-21-18-15-12-9-6-3/h16,19,22,24,27,30,49-51,55-56H,4-15,17-18,20-21,23,25-26,28-29,31-48H2,1-3H3,(H,54,57)/b19-16+,24-22+,30-27+. The summed E-state index contributed by atoms with van der Waals surface area (Å²) in [5.41, 5.74) is 0. The largest absolute Gasteiger partial charge is 0.462 e. The number of nitrogens with one attached hydrogen (secondary N) is 1. The summed E-state index contributed by atoms with van der Waals surface area (Å²) in [7, 11) is 0. The van der Waals surface area contributed by atoms with E-state index >= 15 is 0 Å². The maximum absolute atomic E-state index is 13.2. The summed E-state index contributed by atoms with van der Waals surface area (Å²) < 4.78 is 5.92. The zero-order valence-corrected chi connectivity index (χ0v) is 39.4. The molecular weight excluding hydrogens is 731 g/mol. The number of carbonyl (C=O) groups is 2. The number of unbranched alkanes of at least 4 members (excludes halogenated alkanes) is 29. The van der Waals surface area contributed by atoms with Crippen LogP contribution in [0.3, 0.4) is 0 Å². The van der Waals surface area contributed by atoms with Crippen LogP contribution in [0, 0.1) is 0 Å². The lowest BCUT2D eigenvalue weighted by Gasteiger charge is -2.24. The topological polar surface area (TPSA) is 95.9 Å². The molecule has 0 saturated carbocycles. The molecule has 6 nitrogen and oxygen atoms in total. The number of hydrogen-bond acceptors (Lipinski definition) is 5. The molecule has 59 heavy (non-hydrogen) atoms. The van der Waals surface area contributed by atoms with E-state index in [0.717, 1.165) is 70.6 Å². The van der Waals surface area contributed by atoms with Gasteiger partial charge in [-0.05, 0) is 77.0 Å². The van der Waals surface area contributed by atoms with Crippen molar-refractivity contribution in [3.63, 3.8) is 0 Å². The second kappa shape index (κ2) is 47.1. The summed E-state index contributed by atoms with van der Waals surface area (Å²) in [6.07, 6.45) is 54.8. The van der Waals surface area contributed by atoms with E-state index in [2.05, 4.69) is 62.5 Å². The average Bonchev–Trinajstić information content (AvgIpc) is 3.23. The van der Waals surface area contributed by atoms with Crippen LogP contribution in [0.1, 0.15) is 265 Å². The van der Waals surface area contributed by atoms with Gasteiger partial charge in [0, 0.05) is 6.42 Å². The Morgan fingerprint density at radius 3 is 1.36 bits per heavy atom. The van der Waals surface area contributed by atoms with Crippen molar-refractivity contribution >= 4 is 11.9 Å². The minimum Gasteiger partial charge on any atom is -0.462 e. The van der Waals surface area contributed by atoms with Crippen molar-refractivity contribution < 1.29 is 24.5 Å². The van der Waals surface area contributed by atoms with E-state index in [-0.39, 0.29) is 24.9 Å². The SMILES string of the molecule is CCCCC/C=C/C=C/CCCCCCCCC(=O)OC(CCCCC/C=C/CCCCCCCCC)CC(=O)NC(CO)C(O)CCCCCCCCCCCCC. The van der Waals surface area contributed by atoms with E-state index in [1.54, 1.807) is 0 Å². The fourth-order valence-electron chi connectivity index (χ4n) is 7.77. The smallest absolute Gasteiger partial charge is 0.306 e. The molecule has 3 N–H and O–H groups in total. The Bertz CT molecular complexity index is 977. The molecule has 3 atom stereocenters. The normalized spacial score (nSPS) is 13.5. The molecule has 0 spiro atoms. The van der Waals surface area contributed by atoms with Gasteiger partial charge in [0.25, 0.3) is 0 Å². The first kappa shape index (κ1) is 57.1.